The molecule has 0 spiro atoms. The minimum absolute atomic E-state index is 0.0249. The number of sulfonamides is 1. The maximum atomic E-state index is 12.8. The molecule has 0 aliphatic carbocycles. The fourth-order valence-electron chi connectivity index (χ4n) is 2.82. The van der Waals surface area contributed by atoms with E-state index in [0.29, 0.717) is 0 Å². The third kappa shape index (κ3) is 3.35. The highest BCUT2D eigenvalue weighted by Gasteiger charge is 2.37. The molecule has 1 unspecified atom stereocenters. The topological polar surface area (TPSA) is 113 Å². The molecule has 2 heterocycles. The Labute approximate surface area is 144 Å². The monoisotopic (exact) mass is 365 g/mol. The summed E-state index contributed by atoms with van der Waals surface area (Å²) < 4.78 is 31.7. The van der Waals surface area contributed by atoms with Crippen molar-refractivity contribution in [3.8, 4) is 0 Å². The van der Waals surface area contributed by atoms with Crippen LogP contribution in [0.2, 0.25) is 0 Å². The van der Waals surface area contributed by atoms with Gasteiger partial charge in [-0.3, -0.25) is 15.2 Å². The first-order chi connectivity index (χ1) is 11.9. The van der Waals surface area contributed by atoms with E-state index in [4.69, 9.17) is 9.93 Å². The van der Waals surface area contributed by atoms with E-state index < -0.39 is 16.1 Å². The van der Waals surface area contributed by atoms with Gasteiger partial charge in [-0.15, -0.1) is 0 Å². The molecular formula is C15H19N5O4S. The predicted molar refractivity (Wildman–Crippen MR) is 85.4 cm³/mol. The lowest BCUT2D eigenvalue weighted by atomic mass is 10.1. The van der Waals surface area contributed by atoms with Crippen LogP contribution in [-0.2, 0) is 14.8 Å². The zero-order chi connectivity index (χ0) is 18.0. The third-order valence-electron chi connectivity index (χ3n) is 4.13. The molecule has 1 aromatic heterocycles. The minimum Gasteiger partial charge on any atom is -0.380 e. The largest absolute Gasteiger partial charge is 0.380 e. The standard InChI is InChI=1S/C15H19N5O4S/c1-2-14(21)13-10-18(25(22,23)12-6-4-3-5-7-12)8-9-19(13)20-11-15(16)24-17-20/h3-7,11,13,16H,2,8-10H2,1H3. The van der Waals surface area contributed by atoms with Crippen molar-refractivity contribution in [1.82, 2.24) is 9.58 Å². The summed E-state index contributed by atoms with van der Waals surface area (Å²) in [6, 6.07) is 7.47. The van der Waals surface area contributed by atoms with E-state index in [1.165, 1.54) is 27.4 Å². The molecule has 0 saturated carbocycles. The lowest BCUT2D eigenvalue weighted by Gasteiger charge is -2.40. The Hall–Kier alpha value is -2.46. The zero-order valence-electron chi connectivity index (χ0n) is 13.7. The number of carbonyl (C=O) groups excluding carboxylic acids is 1. The van der Waals surface area contributed by atoms with E-state index in [0.717, 1.165) is 0 Å². The number of benzene rings is 1. The summed E-state index contributed by atoms with van der Waals surface area (Å²) in [5.74, 6) is -0.102. The molecule has 0 radical (unpaired) electrons. The molecule has 134 valence electrons. The van der Waals surface area contributed by atoms with Crippen LogP contribution in [0.15, 0.2) is 45.9 Å². The maximum absolute atomic E-state index is 12.8. The van der Waals surface area contributed by atoms with Crippen molar-refractivity contribution in [2.45, 2.75) is 24.3 Å². The number of carbonyl (C=O) groups is 1. The van der Waals surface area contributed by atoms with Crippen LogP contribution < -0.4 is 20.6 Å². The van der Waals surface area contributed by atoms with Gasteiger partial charge in [0.15, 0.2) is 0 Å². The normalized spacial score (nSPS) is 19.1. The SMILES string of the molecule is CCC(=O)C1CN(S(=O)(=O)c2ccccc2)CCN1[n+]1cc(=N)o[n-]1. The molecule has 3 rings (SSSR count). The molecule has 1 aliphatic heterocycles. The van der Waals surface area contributed by atoms with Crippen LogP contribution in [0.1, 0.15) is 13.3 Å². The molecule has 1 saturated heterocycles. The Balaban J connectivity index is 1.90. The number of hydrogen-bond acceptors (Lipinski definition) is 6. The quantitative estimate of drug-likeness (QED) is 0.680. The maximum Gasteiger partial charge on any atom is 0.286 e. The van der Waals surface area contributed by atoms with Crippen molar-refractivity contribution in [2.24, 2.45) is 0 Å². The van der Waals surface area contributed by atoms with Crippen molar-refractivity contribution in [3.05, 3.63) is 42.1 Å². The highest BCUT2D eigenvalue weighted by atomic mass is 32.2. The molecular weight excluding hydrogens is 346 g/mol. The van der Waals surface area contributed by atoms with Gasteiger partial charge in [-0.25, -0.2) is 8.42 Å². The fourth-order valence-corrected chi connectivity index (χ4v) is 4.27. The summed E-state index contributed by atoms with van der Waals surface area (Å²) in [7, 11) is -3.67. The van der Waals surface area contributed by atoms with Crippen molar-refractivity contribution in [3.63, 3.8) is 0 Å². The molecule has 10 heteroatoms. The van der Waals surface area contributed by atoms with Crippen molar-refractivity contribution >= 4 is 15.8 Å². The van der Waals surface area contributed by atoms with Crippen LogP contribution in [0.3, 0.4) is 0 Å². The molecule has 2 aromatic rings. The second-order valence-electron chi connectivity index (χ2n) is 5.66. The summed E-state index contributed by atoms with van der Waals surface area (Å²) in [6.07, 6.45) is 1.61. The number of piperazine rings is 1. The molecule has 1 aromatic carbocycles. The van der Waals surface area contributed by atoms with Gasteiger partial charge < -0.3 is 4.52 Å². The van der Waals surface area contributed by atoms with Gasteiger partial charge in [0.25, 0.3) is 11.8 Å². The smallest absolute Gasteiger partial charge is 0.286 e. The number of nitrogens with zero attached hydrogens (tertiary/aromatic N) is 4. The Bertz CT molecular complexity index is 905. The van der Waals surface area contributed by atoms with E-state index >= 15 is 0 Å². The second-order valence-corrected chi connectivity index (χ2v) is 7.60. The highest BCUT2D eigenvalue weighted by molar-refractivity contribution is 7.89. The number of hydrogen-bond donors (Lipinski definition) is 1. The van der Waals surface area contributed by atoms with Crippen molar-refractivity contribution in [2.75, 3.05) is 24.6 Å². The van der Waals surface area contributed by atoms with Crippen LogP contribution in [-0.4, -0.2) is 44.2 Å². The Morgan fingerprint density at radius 2 is 2.08 bits per heavy atom. The summed E-state index contributed by atoms with van der Waals surface area (Å²) in [6.45, 7) is 2.22. The van der Waals surface area contributed by atoms with Gasteiger partial charge in [0.1, 0.15) is 5.78 Å². The Kier molecular flexibility index (Phi) is 4.73. The summed E-state index contributed by atoms with van der Waals surface area (Å²) in [5.41, 5.74) is -0.137. The van der Waals surface area contributed by atoms with Crippen molar-refractivity contribution < 1.29 is 22.5 Å². The minimum atomic E-state index is -3.67. The van der Waals surface area contributed by atoms with Gasteiger partial charge in [-0.1, -0.05) is 29.9 Å². The molecule has 0 amide bonds. The van der Waals surface area contributed by atoms with Gasteiger partial charge in [0.2, 0.25) is 10.0 Å². The molecule has 1 atom stereocenters. The number of rotatable bonds is 5. The molecule has 1 fully saturated rings. The number of ketones is 1. The van der Waals surface area contributed by atoms with Gasteiger partial charge in [0, 0.05) is 26.1 Å². The van der Waals surface area contributed by atoms with Gasteiger partial charge in [0.05, 0.1) is 10.9 Å². The molecule has 1 aliphatic rings. The molecule has 0 bridgehead atoms. The van der Waals surface area contributed by atoms with E-state index in [9.17, 15) is 13.2 Å². The third-order valence-corrected chi connectivity index (χ3v) is 6.01. The van der Waals surface area contributed by atoms with E-state index in [2.05, 4.69) is 5.27 Å². The van der Waals surface area contributed by atoms with Crippen LogP contribution in [0.4, 0.5) is 0 Å². The molecule has 9 nitrogen and oxygen atoms in total. The average Bonchev–Trinajstić information content (AvgIpc) is 3.07. The van der Waals surface area contributed by atoms with E-state index in [1.54, 1.807) is 30.1 Å². The number of aromatic nitrogens is 2. The first-order valence-corrected chi connectivity index (χ1v) is 9.32. The van der Waals surface area contributed by atoms with Gasteiger partial charge in [-0.2, -0.15) is 4.31 Å². The lowest BCUT2D eigenvalue weighted by molar-refractivity contribution is -0.766. The van der Waals surface area contributed by atoms with Crippen LogP contribution in [0.25, 0.3) is 0 Å². The lowest BCUT2D eigenvalue weighted by Crippen LogP contribution is -2.72. The van der Waals surface area contributed by atoms with Crippen LogP contribution >= 0.6 is 0 Å². The van der Waals surface area contributed by atoms with Gasteiger partial charge >= 0.3 is 0 Å². The highest BCUT2D eigenvalue weighted by Crippen LogP contribution is 2.19. The number of Topliss-reactive ketones (excluding diaryl/α,β-unsaturated/α-hetero) is 1. The van der Waals surface area contributed by atoms with Crippen molar-refractivity contribution in [1.29, 1.82) is 5.41 Å². The first-order valence-electron chi connectivity index (χ1n) is 7.88. The molecule has 25 heavy (non-hydrogen) atoms. The summed E-state index contributed by atoms with van der Waals surface area (Å²) in [4.78, 5) is 13.9. The Morgan fingerprint density at radius 1 is 1.36 bits per heavy atom. The summed E-state index contributed by atoms with van der Waals surface area (Å²) >= 11 is 0. The number of nitrogens with one attached hydrogen (secondary N) is 1. The second kappa shape index (κ2) is 6.81. The zero-order valence-corrected chi connectivity index (χ0v) is 14.5. The van der Waals surface area contributed by atoms with Gasteiger partial charge in [-0.05, 0) is 17.4 Å². The molecule has 1 N–H and O–H groups in total. The van der Waals surface area contributed by atoms with Crippen LogP contribution in [0, 0.1) is 5.41 Å². The first kappa shape index (κ1) is 17.4. The van der Waals surface area contributed by atoms with Crippen LogP contribution in [0.5, 0.6) is 0 Å². The fraction of sp³-hybridized carbons (Fsp3) is 0.400. The summed E-state index contributed by atoms with van der Waals surface area (Å²) in [5, 5.41) is 12.8. The average molecular weight is 365 g/mol. The van der Waals surface area contributed by atoms with E-state index in [1.807, 2.05) is 0 Å². The van der Waals surface area contributed by atoms with E-state index in [-0.39, 0.29) is 42.3 Å². The Morgan fingerprint density at radius 3 is 2.68 bits per heavy atom. The predicted octanol–water partition coefficient (Wildman–Crippen LogP) is -1.01.